The molecule has 0 amide bonds. The summed E-state index contributed by atoms with van der Waals surface area (Å²) < 4.78 is 20.1. The van der Waals surface area contributed by atoms with Gasteiger partial charge in [0.05, 0.1) is 5.02 Å². The van der Waals surface area contributed by atoms with Gasteiger partial charge in [0.15, 0.2) is 10.7 Å². The quantitative estimate of drug-likeness (QED) is 0.801. The average molecular weight is 313 g/mol. The van der Waals surface area contributed by atoms with E-state index in [4.69, 9.17) is 16.3 Å². The fraction of sp³-hybridized carbons (Fsp3) is 0. The summed E-state index contributed by atoms with van der Waals surface area (Å²) in [5.41, 5.74) is -0.114. The van der Waals surface area contributed by atoms with Gasteiger partial charge in [0, 0.05) is 17.6 Å². The van der Waals surface area contributed by atoms with Gasteiger partial charge in [-0.1, -0.05) is 11.6 Å². The van der Waals surface area contributed by atoms with Crippen LogP contribution in [0.1, 0.15) is 10.5 Å². The van der Waals surface area contributed by atoms with Gasteiger partial charge < -0.3 is 9.84 Å². The van der Waals surface area contributed by atoms with E-state index in [9.17, 15) is 14.3 Å². The van der Waals surface area contributed by atoms with Crippen LogP contribution in [0.25, 0.3) is 4.96 Å². The average Bonchev–Trinajstić information content (AvgIpc) is 2.93. The molecular formula is C12H6ClFN2O3S. The SMILES string of the molecule is O=C(O)c1c(Oc2ccc(Cl)c(F)c2)nc2sccn12. The fourth-order valence-corrected chi connectivity index (χ4v) is 2.51. The number of halogens is 2. The second-order valence-corrected chi connectivity index (χ2v) is 5.08. The number of benzene rings is 1. The first-order valence-corrected chi connectivity index (χ1v) is 6.64. The highest BCUT2D eigenvalue weighted by Gasteiger charge is 2.21. The van der Waals surface area contributed by atoms with Gasteiger partial charge in [-0.25, -0.2) is 9.18 Å². The van der Waals surface area contributed by atoms with Crippen molar-refractivity contribution in [1.29, 1.82) is 0 Å². The summed E-state index contributed by atoms with van der Waals surface area (Å²) in [5, 5.41) is 10.9. The molecule has 0 unspecified atom stereocenters. The molecule has 0 aliphatic heterocycles. The molecule has 5 nitrogen and oxygen atoms in total. The van der Waals surface area contributed by atoms with Crippen molar-refractivity contribution in [1.82, 2.24) is 9.38 Å². The minimum Gasteiger partial charge on any atom is -0.476 e. The minimum atomic E-state index is -1.18. The Labute approximate surface area is 120 Å². The first-order valence-electron chi connectivity index (χ1n) is 5.38. The summed E-state index contributed by atoms with van der Waals surface area (Å²) in [5.74, 6) is -1.80. The lowest BCUT2D eigenvalue weighted by molar-refractivity contribution is 0.0686. The van der Waals surface area contributed by atoms with Crippen LogP contribution in [0, 0.1) is 5.82 Å². The third kappa shape index (κ3) is 2.10. The number of carboxylic acid groups (broad SMARTS) is 1. The minimum absolute atomic E-state index is 0.0402. The molecular weight excluding hydrogens is 307 g/mol. The molecule has 0 aliphatic carbocycles. The van der Waals surface area contributed by atoms with Crippen molar-refractivity contribution in [2.45, 2.75) is 0 Å². The Morgan fingerprint density at radius 1 is 1.50 bits per heavy atom. The highest BCUT2D eigenvalue weighted by molar-refractivity contribution is 7.15. The van der Waals surface area contributed by atoms with Crippen molar-refractivity contribution in [3.05, 3.63) is 46.3 Å². The number of imidazole rings is 1. The molecule has 0 bridgehead atoms. The third-order valence-corrected chi connectivity index (χ3v) is 3.60. The van der Waals surface area contributed by atoms with E-state index in [2.05, 4.69) is 4.98 Å². The van der Waals surface area contributed by atoms with E-state index >= 15 is 0 Å². The number of thiazole rings is 1. The van der Waals surface area contributed by atoms with Gasteiger partial charge in [-0.2, -0.15) is 4.98 Å². The Morgan fingerprint density at radius 3 is 3.00 bits per heavy atom. The van der Waals surface area contributed by atoms with E-state index in [0.717, 1.165) is 6.07 Å². The molecule has 0 aliphatic rings. The summed E-state index contributed by atoms with van der Waals surface area (Å²) in [7, 11) is 0. The molecule has 8 heteroatoms. The molecule has 2 heterocycles. The number of carbonyl (C=O) groups is 1. The number of carboxylic acids is 1. The van der Waals surface area contributed by atoms with Crippen LogP contribution in [0.5, 0.6) is 11.6 Å². The molecule has 3 rings (SSSR count). The zero-order chi connectivity index (χ0) is 14.3. The molecule has 1 N–H and O–H groups in total. The van der Waals surface area contributed by atoms with E-state index in [1.807, 2.05) is 0 Å². The van der Waals surface area contributed by atoms with Gasteiger partial charge in [0.2, 0.25) is 0 Å². The van der Waals surface area contributed by atoms with E-state index in [0.29, 0.717) is 4.96 Å². The van der Waals surface area contributed by atoms with Crippen LogP contribution in [0.2, 0.25) is 5.02 Å². The molecule has 0 fully saturated rings. The normalized spacial score (nSPS) is 10.9. The standard InChI is InChI=1S/C12H6ClFN2O3S/c13-7-2-1-6(5-8(7)14)19-10-9(11(17)18)16-3-4-20-12(16)15-10/h1-5H,(H,17,18). The summed E-state index contributed by atoms with van der Waals surface area (Å²) in [6, 6.07) is 3.83. The monoisotopic (exact) mass is 312 g/mol. The lowest BCUT2D eigenvalue weighted by Crippen LogP contribution is -2.02. The topological polar surface area (TPSA) is 63.8 Å². The van der Waals surface area contributed by atoms with Gasteiger partial charge in [0.1, 0.15) is 11.6 Å². The predicted molar refractivity (Wildman–Crippen MR) is 71.5 cm³/mol. The molecule has 20 heavy (non-hydrogen) atoms. The Kier molecular flexibility index (Phi) is 3.07. The second kappa shape index (κ2) is 4.77. The fourth-order valence-electron chi connectivity index (χ4n) is 1.68. The van der Waals surface area contributed by atoms with Gasteiger partial charge in [0.25, 0.3) is 5.88 Å². The van der Waals surface area contributed by atoms with Crippen LogP contribution in [0.3, 0.4) is 0 Å². The van der Waals surface area contributed by atoms with Crippen LogP contribution >= 0.6 is 22.9 Å². The van der Waals surface area contributed by atoms with Gasteiger partial charge in [-0.15, -0.1) is 11.3 Å². The number of ether oxygens (including phenoxy) is 1. The smallest absolute Gasteiger partial charge is 0.358 e. The zero-order valence-electron chi connectivity index (χ0n) is 9.71. The predicted octanol–water partition coefficient (Wildman–Crippen LogP) is 3.68. The van der Waals surface area contributed by atoms with Crippen molar-refractivity contribution in [2.75, 3.05) is 0 Å². The summed E-state index contributed by atoms with van der Waals surface area (Å²) in [6.07, 6.45) is 1.58. The number of hydrogen-bond donors (Lipinski definition) is 1. The molecule has 0 radical (unpaired) electrons. The molecule has 3 aromatic rings. The van der Waals surface area contributed by atoms with Crippen LogP contribution in [-0.2, 0) is 0 Å². The summed E-state index contributed by atoms with van der Waals surface area (Å²) >= 11 is 6.84. The van der Waals surface area contributed by atoms with Gasteiger partial charge >= 0.3 is 5.97 Å². The molecule has 102 valence electrons. The van der Waals surface area contributed by atoms with Gasteiger partial charge in [-0.3, -0.25) is 4.40 Å². The van der Waals surface area contributed by atoms with Crippen LogP contribution < -0.4 is 4.74 Å². The highest BCUT2D eigenvalue weighted by Crippen LogP contribution is 2.29. The molecule has 1 aromatic carbocycles. The first kappa shape index (κ1) is 12.9. The van der Waals surface area contributed by atoms with Crippen LogP contribution in [0.4, 0.5) is 4.39 Å². The summed E-state index contributed by atoms with van der Waals surface area (Å²) in [4.78, 5) is 15.8. The molecule has 0 saturated carbocycles. The highest BCUT2D eigenvalue weighted by atomic mass is 35.5. The Balaban J connectivity index is 2.05. The van der Waals surface area contributed by atoms with E-state index < -0.39 is 11.8 Å². The Hall–Kier alpha value is -2.12. The Bertz CT molecular complexity index is 814. The Morgan fingerprint density at radius 2 is 2.30 bits per heavy atom. The molecule has 0 atom stereocenters. The maximum Gasteiger partial charge on any atom is 0.358 e. The summed E-state index contributed by atoms with van der Waals surface area (Å²) in [6.45, 7) is 0. The number of fused-ring (bicyclic) bond motifs is 1. The number of rotatable bonds is 3. The number of aromatic nitrogens is 2. The zero-order valence-corrected chi connectivity index (χ0v) is 11.3. The third-order valence-electron chi connectivity index (χ3n) is 2.54. The van der Waals surface area contributed by atoms with Crippen molar-refractivity contribution < 1.29 is 19.0 Å². The maximum atomic E-state index is 13.3. The van der Waals surface area contributed by atoms with Crippen molar-refractivity contribution >= 4 is 33.9 Å². The van der Waals surface area contributed by atoms with E-state index in [1.54, 1.807) is 11.6 Å². The number of nitrogens with zero attached hydrogens (tertiary/aromatic N) is 2. The lowest BCUT2D eigenvalue weighted by atomic mass is 10.3. The van der Waals surface area contributed by atoms with Crippen LogP contribution in [0.15, 0.2) is 29.8 Å². The molecule has 0 spiro atoms. The molecule has 2 aromatic heterocycles. The lowest BCUT2D eigenvalue weighted by Gasteiger charge is -2.04. The first-order chi connectivity index (χ1) is 9.56. The largest absolute Gasteiger partial charge is 0.476 e. The number of hydrogen-bond acceptors (Lipinski definition) is 4. The molecule has 0 saturated heterocycles. The number of aromatic carboxylic acids is 1. The van der Waals surface area contributed by atoms with Crippen molar-refractivity contribution in [2.24, 2.45) is 0 Å². The van der Waals surface area contributed by atoms with Crippen molar-refractivity contribution in [3.8, 4) is 11.6 Å². The van der Waals surface area contributed by atoms with Gasteiger partial charge in [-0.05, 0) is 12.1 Å². The van der Waals surface area contributed by atoms with E-state index in [-0.39, 0.29) is 22.3 Å². The van der Waals surface area contributed by atoms with Crippen molar-refractivity contribution in [3.63, 3.8) is 0 Å². The second-order valence-electron chi connectivity index (χ2n) is 3.80. The van der Waals surface area contributed by atoms with E-state index in [1.165, 1.54) is 27.9 Å². The van der Waals surface area contributed by atoms with Crippen LogP contribution in [-0.4, -0.2) is 20.5 Å². The maximum absolute atomic E-state index is 13.3.